The van der Waals surface area contributed by atoms with Crippen LogP contribution in [0, 0.1) is 11.3 Å². The van der Waals surface area contributed by atoms with Gasteiger partial charge in [0.15, 0.2) is 0 Å². The highest BCUT2D eigenvalue weighted by Gasteiger charge is 2.26. The molecule has 0 spiro atoms. The molecule has 1 unspecified atom stereocenters. The number of aryl methyl sites for hydroxylation is 2. The molecule has 0 saturated carbocycles. The third-order valence-electron chi connectivity index (χ3n) is 6.13. The summed E-state index contributed by atoms with van der Waals surface area (Å²) in [7, 11) is 0. The quantitative estimate of drug-likeness (QED) is 0.537. The molecule has 1 saturated heterocycles. The van der Waals surface area contributed by atoms with Crippen LogP contribution in [0.3, 0.4) is 0 Å². The summed E-state index contributed by atoms with van der Waals surface area (Å²) in [5.41, 5.74) is 3.43. The van der Waals surface area contributed by atoms with Gasteiger partial charge in [-0.05, 0) is 69.6 Å². The Labute approximate surface area is 197 Å². The normalized spacial score (nSPS) is 17.6. The minimum atomic E-state index is -0.534. The lowest BCUT2D eigenvalue weighted by Gasteiger charge is -2.35. The van der Waals surface area contributed by atoms with Crippen molar-refractivity contribution in [3.63, 3.8) is 0 Å². The Hall–Kier alpha value is -3.01. The number of rotatable bonds is 5. The minimum Gasteiger partial charge on any atom is -0.444 e. The van der Waals surface area contributed by atoms with Gasteiger partial charge < -0.3 is 19.9 Å². The second-order valence-electron chi connectivity index (χ2n) is 9.83. The van der Waals surface area contributed by atoms with Gasteiger partial charge in [-0.2, -0.15) is 5.26 Å². The van der Waals surface area contributed by atoms with E-state index in [0.29, 0.717) is 26.2 Å². The van der Waals surface area contributed by atoms with E-state index in [1.54, 1.807) is 11.1 Å². The molecule has 1 aliphatic heterocycles. The number of benzene rings is 1. The first-order chi connectivity index (χ1) is 15.7. The van der Waals surface area contributed by atoms with E-state index in [4.69, 9.17) is 4.74 Å². The third-order valence-corrected chi connectivity index (χ3v) is 6.13. The molecule has 1 heterocycles. The van der Waals surface area contributed by atoms with Crippen LogP contribution in [0.25, 0.3) is 0 Å². The molecule has 7 heteroatoms. The number of nitrogens with one attached hydrogen (secondary N) is 1. The SMILES string of the molecule is CCC(NC(=O)/C(C#N)=C\N1CCN(C(=O)OC(C)(C)C)CC1)c1ccc2c(c1)CCCC2. The molecule has 2 aliphatic rings. The van der Waals surface area contributed by atoms with Crippen molar-refractivity contribution in [1.29, 1.82) is 5.26 Å². The van der Waals surface area contributed by atoms with E-state index in [-0.39, 0.29) is 23.6 Å². The lowest BCUT2D eigenvalue weighted by molar-refractivity contribution is -0.118. The van der Waals surface area contributed by atoms with Crippen LogP contribution < -0.4 is 5.32 Å². The third kappa shape index (κ3) is 6.74. The van der Waals surface area contributed by atoms with Gasteiger partial charge in [0, 0.05) is 32.4 Å². The fourth-order valence-electron chi connectivity index (χ4n) is 4.31. The van der Waals surface area contributed by atoms with Crippen LogP contribution in [0.2, 0.25) is 0 Å². The van der Waals surface area contributed by atoms with Crippen molar-refractivity contribution in [3.8, 4) is 6.07 Å². The molecule has 1 atom stereocenters. The van der Waals surface area contributed by atoms with E-state index in [1.807, 2.05) is 38.7 Å². The van der Waals surface area contributed by atoms with Gasteiger partial charge in [0.25, 0.3) is 5.91 Å². The van der Waals surface area contributed by atoms with E-state index in [9.17, 15) is 14.9 Å². The zero-order valence-corrected chi connectivity index (χ0v) is 20.3. The second kappa shape index (κ2) is 10.7. The molecular formula is C26H36N4O3. The Morgan fingerprint density at radius 2 is 1.82 bits per heavy atom. The van der Waals surface area contributed by atoms with Gasteiger partial charge in [0.05, 0.1) is 6.04 Å². The van der Waals surface area contributed by atoms with Crippen LogP contribution in [0.4, 0.5) is 4.79 Å². The van der Waals surface area contributed by atoms with E-state index in [1.165, 1.54) is 24.0 Å². The van der Waals surface area contributed by atoms with E-state index in [0.717, 1.165) is 24.8 Å². The maximum atomic E-state index is 12.9. The van der Waals surface area contributed by atoms with E-state index in [2.05, 4.69) is 23.5 Å². The molecule has 1 aliphatic carbocycles. The molecule has 33 heavy (non-hydrogen) atoms. The van der Waals surface area contributed by atoms with Crippen LogP contribution in [0.15, 0.2) is 30.0 Å². The monoisotopic (exact) mass is 452 g/mol. The van der Waals surface area contributed by atoms with Crippen molar-refractivity contribution in [2.75, 3.05) is 26.2 Å². The number of hydrogen-bond acceptors (Lipinski definition) is 5. The number of fused-ring (bicyclic) bond motifs is 1. The van der Waals surface area contributed by atoms with Gasteiger partial charge >= 0.3 is 6.09 Å². The smallest absolute Gasteiger partial charge is 0.410 e. The minimum absolute atomic E-state index is 0.0807. The topological polar surface area (TPSA) is 85.7 Å². The number of carbonyl (C=O) groups is 2. The van der Waals surface area contributed by atoms with Crippen molar-refractivity contribution in [2.45, 2.75) is 71.4 Å². The number of carbonyl (C=O) groups excluding carboxylic acids is 2. The molecule has 3 rings (SSSR count). The van der Waals surface area contributed by atoms with Crippen molar-refractivity contribution in [1.82, 2.24) is 15.1 Å². The van der Waals surface area contributed by atoms with Gasteiger partial charge in [-0.15, -0.1) is 0 Å². The van der Waals surface area contributed by atoms with Gasteiger partial charge in [-0.3, -0.25) is 4.79 Å². The molecule has 1 aromatic carbocycles. The summed E-state index contributed by atoms with van der Waals surface area (Å²) in [6, 6.07) is 8.42. The largest absolute Gasteiger partial charge is 0.444 e. The second-order valence-corrected chi connectivity index (χ2v) is 9.83. The number of hydrogen-bond donors (Lipinski definition) is 1. The van der Waals surface area contributed by atoms with Crippen LogP contribution in [-0.4, -0.2) is 53.6 Å². The maximum absolute atomic E-state index is 12.9. The molecule has 1 aromatic rings. The first kappa shape index (κ1) is 24.6. The molecular weight excluding hydrogens is 416 g/mol. The number of piperazine rings is 1. The van der Waals surface area contributed by atoms with E-state index >= 15 is 0 Å². The predicted octanol–water partition coefficient (Wildman–Crippen LogP) is 4.09. The van der Waals surface area contributed by atoms with Crippen LogP contribution in [0.5, 0.6) is 0 Å². The average molecular weight is 453 g/mol. The first-order valence-corrected chi connectivity index (χ1v) is 12.0. The molecule has 1 fully saturated rings. The lowest BCUT2D eigenvalue weighted by atomic mass is 9.88. The van der Waals surface area contributed by atoms with Crippen molar-refractivity contribution in [2.24, 2.45) is 0 Å². The average Bonchev–Trinajstić information content (AvgIpc) is 2.79. The predicted molar refractivity (Wildman–Crippen MR) is 127 cm³/mol. The number of nitriles is 1. The number of nitrogens with zero attached hydrogens (tertiary/aromatic N) is 3. The van der Waals surface area contributed by atoms with Crippen molar-refractivity contribution >= 4 is 12.0 Å². The van der Waals surface area contributed by atoms with Crippen LogP contribution >= 0.6 is 0 Å². The Morgan fingerprint density at radius 1 is 1.15 bits per heavy atom. The Morgan fingerprint density at radius 3 is 2.42 bits per heavy atom. The van der Waals surface area contributed by atoms with Crippen molar-refractivity contribution in [3.05, 3.63) is 46.7 Å². The fraction of sp³-hybridized carbons (Fsp3) is 0.577. The van der Waals surface area contributed by atoms with Gasteiger partial charge in [-0.1, -0.05) is 25.1 Å². The molecule has 0 bridgehead atoms. The van der Waals surface area contributed by atoms with Crippen molar-refractivity contribution < 1.29 is 14.3 Å². The molecule has 1 N–H and O–H groups in total. The Balaban J connectivity index is 1.60. The number of amides is 2. The molecule has 7 nitrogen and oxygen atoms in total. The zero-order valence-electron chi connectivity index (χ0n) is 20.3. The van der Waals surface area contributed by atoms with Crippen LogP contribution in [-0.2, 0) is 22.4 Å². The maximum Gasteiger partial charge on any atom is 0.410 e. The number of ether oxygens (including phenoxy) is 1. The molecule has 178 valence electrons. The Bertz CT molecular complexity index is 934. The van der Waals surface area contributed by atoms with Gasteiger partial charge in [0.2, 0.25) is 0 Å². The summed E-state index contributed by atoms with van der Waals surface area (Å²) in [4.78, 5) is 28.7. The summed E-state index contributed by atoms with van der Waals surface area (Å²) in [5.74, 6) is -0.364. The summed E-state index contributed by atoms with van der Waals surface area (Å²) in [5, 5.41) is 12.7. The van der Waals surface area contributed by atoms with Gasteiger partial charge in [-0.25, -0.2) is 4.79 Å². The zero-order chi connectivity index (χ0) is 24.0. The highest BCUT2D eigenvalue weighted by atomic mass is 16.6. The molecule has 0 radical (unpaired) electrons. The summed E-state index contributed by atoms with van der Waals surface area (Å²) in [6.45, 7) is 9.62. The standard InChI is InChI=1S/C26H36N4O3/c1-5-23(21-11-10-19-8-6-7-9-20(19)16-21)28-24(31)22(17-27)18-29-12-14-30(15-13-29)25(32)33-26(2,3)4/h10-11,16,18,23H,5-9,12-15H2,1-4H3,(H,28,31)/b22-18-. The highest BCUT2D eigenvalue weighted by molar-refractivity contribution is 5.97. The van der Waals surface area contributed by atoms with E-state index < -0.39 is 5.60 Å². The summed E-state index contributed by atoms with van der Waals surface area (Å²) in [6.07, 6.45) is 6.69. The van der Waals surface area contributed by atoms with Gasteiger partial charge in [0.1, 0.15) is 17.2 Å². The summed E-state index contributed by atoms with van der Waals surface area (Å²) < 4.78 is 5.42. The first-order valence-electron chi connectivity index (χ1n) is 12.0. The highest BCUT2D eigenvalue weighted by Crippen LogP contribution is 2.26. The fourth-order valence-corrected chi connectivity index (χ4v) is 4.31. The lowest BCUT2D eigenvalue weighted by Crippen LogP contribution is -2.48. The molecule has 2 amide bonds. The molecule has 0 aromatic heterocycles. The van der Waals surface area contributed by atoms with Crippen LogP contribution in [0.1, 0.15) is 69.7 Å². The summed E-state index contributed by atoms with van der Waals surface area (Å²) >= 11 is 0. The Kier molecular flexibility index (Phi) is 8.01.